The molecule has 10 heteroatoms. The average Bonchev–Trinajstić information content (AvgIpc) is 3.61. The molecule has 35 heavy (non-hydrogen) atoms. The first kappa shape index (κ1) is 23.5. The molecule has 3 fully saturated rings. The van der Waals surface area contributed by atoms with Crippen LogP contribution in [0, 0.1) is 29.1 Å². The lowest BCUT2D eigenvalue weighted by Gasteiger charge is -2.28. The molecule has 1 aliphatic carbocycles. The number of aromatic nitrogens is 1. The number of nitriles is 1. The Morgan fingerprint density at radius 3 is 2.86 bits per heavy atom. The maximum Gasteiger partial charge on any atom is 0.271 e. The fourth-order valence-electron chi connectivity index (χ4n) is 6.02. The third kappa shape index (κ3) is 4.31. The van der Waals surface area contributed by atoms with Crippen molar-refractivity contribution < 1.29 is 19.1 Å². The highest BCUT2D eigenvalue weighted by Crippen LogP contribution is 2.43. The van der Waals surface area contributed by atoms with Gasteiger partial charge < -0.3 is 25.3 Å². The van der Waals surface area contributed by atoms with Crippen LogP contribution in [0.4, 0.5) is 0 Å². The predicted octanol–water partition coefficient (Wildman–Crippen LogP) is 2.61. The number of methoxy groups -OCH3 is 1. The molecule has 3 aliphatic rings. The van der Waals surface area contributed by atoms with Gasteiger partial charge in [0.25, 0.3) is 5.91 Å². The summed E-state index contributed by atoms with van der Waals surface area (Å²) in [5.41, 5.74) is 1.04. The highest BCUT2D eigenvalue weighted by atomic mass is 35.5. The van der Waals surface area contributed by atoms with Crippen LogP contribution in [0.3, 0.4) is 0 Å². The van der Waals surface area contributed by atoms with E-state index in [1.807, 2.05) is 0 Å². The zero-order valence-corrected chi connectivity index (χ0v) is 20.2. The molecule has 1 aromatic carbocycles. The highest BCUT2D eigenvalue weighted by Gasteiger charge is 2.50. The van der Waals surface area contributed by atoms with Crippen molar-refractivity contribution in [3.8, 4) is 11.8 Å². The van der Waals surface area contributed by atoms with Gasteiger partial charge >= 0.3 is 0 Å². The molecule has 0 unspecified atom stereocenters. The van der Waals surface area contributed by atoms with Gasteiger partial charge in [0, 0.05) is 29.4 Å². The monoisotopic (exact) mass is 497 g/mol. The number of likely N-dealkylation sites (tertiary alicyclic amines) is 1. The van der Waals surface area contributed by atoms with Gasteiger partial charge in [-0.15, -0.1) is 0 Å². The fraction of sp³-hybridized carbons (Fsp3) is 0.520. The number of halogens is 1. The Kier molecular flexibility index (Phi) is 6.32. The first-order chi connectivity index (χ1) is 16.9. The van der Waals surface area contributed by atoms with Gasteiger partial charge in [0.05, 0.1) is 18.7 Å². The lowest BCUT2D eigenvalue weighted by molar-refractivity contribution is -0.127. The minimum absolute atomic E-state index is 0.0569. The summed E-state index contributed by atoms with van der Waals surface area (Å²) in [4.78, 5) is 43.8. The van der Waals surface area contributed by atoms with Crippen LogP contribution >= 0.6 is 11.6 Å². The lowest BCUT2D eigenvalue weighted by atomic mass is 9.92. The quantitative estimate of drug-likeness (QED) is 0.565. The van der Waals surface area contributed by atoms with Crippen molar-refractivity contribution in [1.82, 2.24) is 20.5 Å². The van der Waals surface area contributed by atoms with Gasteiger partial charge in [0.1, 0.15) is 23.5 Å². The minimum Gasteiger partial charge on any atom is -0.496 e. The van der Waals surface area contributed by atoms with E-state index in [2.05, 4.69) is 21.7 Å². The van der Waals surface area contributed by atoms with Crippen LogP contribution in [0.2, 0.25) is 5.02 Å². The molecule has 3 N–H and O–H groups in total. The number of benzene rings is 1. The zero-order chi connectivity index (χ0) is 24.7. The van der Waals surface area contributed by atoms with Gasteiger partial charge in [0.2, 0.25) is 11.8 Å². The zero-order valence-electron chi connectivity index (χ0n) is 19.5. The van der Waals surface area contributed by atoms with Gasteiger partial charge in [-0.05, 0) is 55.7 Å². The van der Waals surface area contributed by atoms with E-state index in [9.17, 15) is 19.6 Å². The van der Waals surface area contributed by atoms with Crippen LogP contribution in [-0.4, -0.2) is 59.9 Å². The van der Waals surface area contributed by atoms with Crippen LogP contribution in [-0.2, 0) is 9.59 Å². The van der Waals surface area contributed by atoms with Crippen molar-refractivity contribution in [2.75, 3.05) is 20.2 Å². The first-order valence-electron chi connectivity index (χ1n) is 12.0. The Bertz CT molecular complexity index is 1220. The highest BCUT2D eigenvalue weighted by molar-refractivity contribution is 6.31. The maximum atomic E-state index is 13.6. The van der Waals surface area contributed by atoms with Crippen molar-refractivity contribution in [2.45, 2.75) is 44.2 Å². The van der Waals surface area contributed by atoms with E-state index in [0.29, 0.717) is 41.5 Å². The molecule has 0 bridgehead atoms. The summed E-state index contributed by atoms with van der Waals surface area (Å²) in [5.74, 6) is -0.0862. The van der Waals surface area contributed by atoms with Crippen molar-refractivity contribution in [2.24, 2.45) is 17.8 Å². The van der Waals surface area contributed by atoms with Gasteiger partial charge in [-0.25, -0.2) is 0 Å². The number of H-pyrrole nitrogens is 1. The topological polar surface area (TPSA) is 127 Å². The largest absolute Gasteiger partial charge is 0.496 e. The van der Waals surface area contributed by atoms with E-state index in [1.54, 1.807) is 30.2 Å². The summed E-state index contributed by atoms with van der Waals surface area (Å²) < 4.78 is 5.41. The predicted molar refractivity (Wildman–Crippen MR) is 129 cm³/mol. The molecule has 1 saturated carbocycles. The molecule has 3 amide bonds. The van der Waals surface area contributed by atoms with Crippen LogP contribution in [0.15, 0.2) is 18.2 Å². The van der Waals surface area contributed by atoms with Crippen LogP contribution in [0.25, 0.3) is 10.9 Å². The number of nitrogens with one attached hydrogen (secondary N) is 3. The Morgan fingerprint density at radius 1 is 1.31 bits per heavy atom. The van der Waals surface area contributed by atoms with Crippen LogP contribution in [0.5, 0.6) is 5.75 Å². The lowest BCUT2D eigenvalue weighted by Crippen LogP contribution is -2.51. The number of aromatic amines is 1. The average molecular weight is 498 g/mol. The molecule has 3 heterocycles. The number of ether oxygens (including phenoxy) is 1. The summed E-state index contributed by atoms with van der Waals surface area (Å²) in [5, 5.41) is 16.5. The molecular formula is C25H28ClN5O4. The van der Waals surface area contributed by atoms with E-state index < -0.39 is 12.1 Å². The van der Waals surface area contributed by atoms with Gasteiger partial charge in [0.15, 0.2) is 0 Å². The second-order valence-corrected chi connectivity index (χ2v) is 10.1. The molecule has 2 aliphatic heterocycles. The Hall–Kier alpha value is -3.25. The van der Waals surface area contributed by atoms with Crippen molar-refractivity contribution in [1.29, 1.82) is 5.26 Å². The number of carbonyl (C=O) groups excluding carboxylic acids is 3. The normalized spacial score (nSPS) is 26.3. The van der Waals surface area contributed by atoms with Crippen LogP contribution < -0.4 is 15.4 Å². The molecule has 0 radical (unpaired) electrons. The Labute approximate surface area is 208 Å². The molecular weight excluding hydrogens is 470 g/mol. The minimum atomic E-state index is -0.784. The molecule has 184 valence electrons. The molecule has 9 nitrogen and oxygen atoms in total. The third-order valence-corrected chi connectivity index (χ3v) is 7.91. The molecule has 2 saturated heterocycles. The Balaban J connectivity index is 1.38. The standard InChI is InChI=1S/C25H28ClN5O4/c1-35-21-9-15(26)8-19-18(21)10-20(30-19)25(34)31-12-14-3-2-4-17(14)22(31)24(33)29-16(11-27)7-13-5-6-28-23(13)32/h8-10,13-14,16-17,22,30H,2-7,12H2,1H3,(H,28,32)(H,29,33)/t13-,14-,16-,17-,22-/m0/s1. The summed E-state index contributed by atoms with van der Waals surface area (Å²) in [6.07, 6.45) is 3.78. The second kappa shape index (κ2) is 9.42. The molecule has 2 aromatic rings. The van der Waals surface area contributed by atoms with E-state index in [4.69, 9.17) is 16.3 Å². The number of fused-ring (bicyclic) bond motifs is 2. The third-order valence-electron chi connectivity index (χ3n) is 7.69. The van der Waals surface area contributed by atoms with E-state index in [-0.39, 0.29) is 41.9 Å². The summed E-state index contributed by atoms with van der Waals surface area (Å²) in [6, 6.07) is 5.84. The number of rotatable bonds is 6. The SMILES string of the molecule is COc1cc(Cl)cc2[nH]c(C(=O)N3C[C@@H]4CCC[C@@H]4[C@H]3C(=O)N[C@H](C#N)C[C@@H]3CCNC3=O)cc12. The van der Waals surface area contributed by atoms with E-state index in [1.165, 1.54) is 0 Å². The molecule has 0 spiro atoms. The number of hydrogen-bond acceptors (Lipinski definition) is 5. The molecule has 5 rings (SSSR count). The van der Waals surface area contributed by atoms with Crippen molar-refractivity contribution >= 4 is 40.2 Å². The smallest absolute Gasteiger partial charge is 0.271 e. The summed E-state index contributed by atoms with van der Waals surface area (Å²) in [6.45, 7) is 1.09. The molecule has 5 atom stereocenters. The molecule has 1 aromatic heterocycles. The number of carbonyl (C=O) groups is 3. The summed E-state index contributed by atoms with van der Waals surface area (Å²) >= 11 is 6.18. The Morgan fingerprint density at radius 2 is 2.14 bits per heavy atom. The number of nitrogens with zero attached hydrogens (tertiary/aromatic N) is 2. The van der Waals surface area contributed by atoms with Crippen molar-refractivity contribution in [3.05, 3.63) is 28.9 Å². The van der Waals surface area contributed by atoms with E-state index in [0.717, 1.165) is 24.6 Å². The maximum absolute atomic E-state index is 13.6. The van der Waals surface area contributed by atoms with Gasteiger partial charge in [-0.1, -0.05) is 18.0 Å². The van der Waals surface area contributed by atoms with Crippen LogP contribution in [0.1, 0.15) is 42.6 Å². The fourth-order valence-corrected chi connectivity index (χ4v) is 6.22. The van der Waals surface area contributed by atoms with Gasteiger partial charge in [-0.3, -0.25) is 14.4 Å². The second-order valence-electron chi connectivity index (χ2n) is 9.71. The number of amides is 3. The van der Waals surface area contributed by atoms with Gasteiger partial charge in [-0.2, -0.15) is 5.26 Å². The van der Waals surface area contributed by atoms with Crippen molar-refractivity contribution in [3.63, 3.8) is 0 Å². The summed E-state index contributed by atoms with van der Waals surface area (Å²) in [7, 11) is 1.54. The van der Waals surface area contributed by atoms with E-state index >= 15 is 0 Å². The number of hydrogen-bond donors (Lipinski definition) is 3. The first-order valence-corrected chi connectivity index (χ1v) is 12.4.